The molecule has 3 N–H and O–H groups in total. The van der Waals surface area contributed by atoms with Crippen molar-refractivity contribution in [1.82, 2.24) is 16.0 Å². The molecule has 0 aliphatic carbocycles. The fraction of sp³-hybridized carbons (Fsp3) is 0.727. The van der Waals surface area contributed by atoms with Crippen LogP contribution in [0.1, 0.15) is 27.7 Å². The fourth-order valence-electron chi connectivity index (χ4n) is 1.21. The average Bonchev–Trinajstić information content (AvgIpc) is 2.29. The highest BCUT2D eigenvalue weighted by atomic mass is 16.5. The van der Waals surface area contributed by atoms with E-state index in [0.29, 0.717) is 6.54 Å². The number of nitrogens with one attached hydrogen (secondary N) is 3. The number of carbonyl (C=O) groups is 3. The van der Waals surface area contributed by atoms with E-state index in [1.54, 1.807) is 27.7 Å². The van der Waals surface area contributed by atoms with Crippen molar-refractivity contribution >= 4 is 17.9 Å². The fourth-order valence-corrected chi connectivity index (χ4v) is 1.21. The summed E-state index contributed by atoms with van der Waals surface area (Å²) in [7, 11) is 0. The Morgan fingerprint density at radius 2 is 1.72 bits per heavy atom. The number of hydrogen-bond acceptors (Lipinski definition) is 5. The summed E-state index contributed by atoms with van der Waals surface area (Å²) in [5.74, 6) is -0.938. The second-order valence-electron chi connectivity index (χ2n) is 3.71. The number of ether oxygens (including phenoxy) is 1. The van der Waals surface area contributed by atoms with E-state index < -0.39 is 30.0 Å². The highest BCUT2D eigenvalue weighted by Gasteiger charge is 2.21. The SMILES string of the molecule is CCNC(=O)NC(=O)C(C)NC(C)C(=O)OCC. The molecule has 0 bridgehead atoms. The molecule has 0 radical (unpaired) electrons. The summed E-state index contributed by atoms with van der Waals surface area (Å²) in [6.45, 7) is 7.31. The highest BCUT2D eigenvalue weighted by molar-refractivity contribution is 5.97. The monoisotopic (exact) mass is 259 g/mol. The van der Waals surface area contributed by atoms with Gasteiger partial charge in [0.25, 0.3) is 0 Å². The standard InChI is InChI=1S/C11H21N3O4/c1-5-12-11(17)14-9(15)7(3)13-8(4)10(16)18-6-2/h7-8,13H,5-6H2,1-4H3,(H2,12,14,15,17). The third-order valence-electron chi connectivity index (χ3n) is 2.11. The van der Waals surface area contributed by atoms with Crippen molar-refractivity contribution in [3.63, 3.8) is 0 Å². The molecule has 0 aromatic rings. The first-order valence-corrected chi connectivity index (χ1v) is 5.93. The second-order valence-corrected chi connectivity index (χ2v) is 3.71. The number of hydrogen-bond donors (Lipinski definition) is 3. The molecule has 0 heterocycles. The molecule has 0 fully saturated rings. The van der Waals surface area contributed by atoms with Gasteiger partial charge in [0.1, 0.15) is 6.04 Å². The van der Waals surface area contributed by atoms with Gasteiger partial charge in [-0.2, -0.15) is 0 Å². The van der Waals surface area contributed by atoms with E-state index in [2.05, 4.69) is 16.0 Å². The van der Waals surface area contributed by atoms with Crippen LogP contribution in [-0.2, 0) is 14.3 Å². The van der Waals surface area contributed by atoms with Crippen LogP contribution in [0, 0.1) is 0 Å². The normalized spacial score (nSPS) is 13.3. The second kappa shape index (κ2) is 8.46. The predicted molar refractivity (Wildman–Crippen MR) is 65.9 cm³/mol. The lowest BCUT2D eigenvalue weighted by Gasteiger charge is -2.18. The highest BCUT2D eigenvalue weighted by Crippen LogP contribution is 1.92. The molecule has 0 saturated heterocycles. The summed E-state index contributed by atoms with van der Waals surface area (Å²) in [5.41, 5.74) is 0. The Balaban J connectivity index is 4.15. The molecule has 2 atom stereocenters. The summed E-state index contributed by atoms with van der Waals surface area (Å²) in [4.78, 5) is 34.0. The zero-order valence-corrected chi connectivity index (χ0v) is 11.2. The van der Waals surface area contributed by atoms with Gasteiger partial charge in [0.2, 0.25) is 5.91 Å². The quantitative estimate of drug-likeness (QED) is 0.572. The molecule has 3 amide bonds. The van der Waals surface area contributed by atoms with Crippen molar-refractivity contribution in [1.29, 1.82) is 0 Å². The lowest BCUT2D eigenvalue weighted by atomic mass is 10.2. The van der Waals surface area contributed by atoms with E-state index in [0.717, 1.165) is 0 Å². The van der Waals surface area contributed by atoms with Crippen molar-refractivity contribution in [3.8, 4) is 0 Å². The Morgan fingerprint density at radius 1 is 1.11 bits per heavy atom. The molecule has 7 heteroatoms. The summed E-state index contributed by atoms with van der Waals surface area (Å²) in [5, 5.41) is 7.34. The van der Waals surface area contributed by atoms with Crippen LogP contribution in [0.4, 0.5) is 4.79 Å². The zero-order valence-electron chi connectivity index (χ0n) is 11.2. The number of rotatable bonds is 6. The van der Waals surface area contributed by atoms with Crippen molar-refractivity contribution in [2.75, 3.05) is 13.2 Å². The van der Waals surface area contributed by atoms with Gasteiger partial charge in [-0.15, -0.1) is 0 Å². The zero-order chi connectivity index (χ0) is 14.1. The molecule has 0 rings (SSSR count). The first-order valence-electron chi connectivity index (χ1n) is 5.93. The minimum absolute atomic E-state index is 0.282. The van der Waals surface area contributed by atoms with Crippen LogP contribution in [-0.4, -0.2) is 43.1 Å². The van der Waals surface area contributed by atoms with Gasteiger partial charge in [-0.1, -0.05) is 0 Å². The Morgan fingerprint density at radius 3 is 2.22 bits per heavy atom. The summed E-state index contributed by atoms with van der Waals surface area (Å²) in [6, 6.07) is -1.84. The molecule has 104 valence electrons. The smallest absolute Gasteiger partial charge is 0.322 e. The molecule has 2 unspecified atom stereocenters. The molecule has 0 aromatic heterocycles. The van der Waals surface area contributed by atoms with E-state index in [4.69, 9.17) is 4.74 Å². The van der Waals surface area contributed by atoms with E-state index in [9.17, 15) is 14.4 Å². The minimum Gasteiger partial charge on any atom is -0.465 e. The Labute approximate surface area is 107 Å². The summed E-state index contributed by atoms with van der Waals surface area (Å²) < 4.78 is 4.79. The summed E-state index contributed by atoms with van der Waals surface area (Å²) >= 11 is 0. The molecule has 0 aliphatic rings. The van der Waals surface area contributed by atoms with Gasteiger partial charge in [-0.3, -0.25) is 20.2 Å². The molecule has 0 spiro atoms. The van der Waals surface area contributed by atoms with E-state index >= 15 is 0 Å². The van der Waals surface area contributed by atoms with Crippen LogP contribution in [0.3, 0.4) is 0 Å². The Hall–Kier alpha value is -1.63. The first-order chi connectivity index (χ1) is 8.42. The molecule has 7 nitrogen and oxygen atoms in total. The number of esters is 1. The van der Waals surface area contributed by atoms with Gasteiger partial charge in [0.15, 0.2) is 0 Å². The molecular formula is C11H21N3O4. The van der Waals surface area contributed by atoms with Crippen LogP contribution in [0.2, 0.25) is 0 Å². The van der Waals surface area contributed by atoms with Gasteiger partial charge in [-0.25, -0.2) is 4.79 Å². The third-order valence-corrected chi connectivity index (χ3v) is 2.11. The van der Waals surface area contributed by atoms with Gasteiger partial charge >= 0.3 is 12.0 Å². The van der Waals surface area contributed by atoms with Crippen LogP contribution in [0.25, 0.3) is 0 Å². The van der Waals surface area contributed by atoms with Crippen LogP contribution in [0.15, 0.2) is 0 Å². The van der Waals surface area contributed by atoms with Crippen molar-refractivity contribution in [2.45, 2.75) is 39.8 Å². The lowest BCUT2D eigenvalue weighted by molar-refractivity contribution is -0.145. The van der Waals surface area contributed by atoms with Gasteiger partial charge in [0, 0.05) is 6.54 Å². The van der Waals surface area contributed by atoms with Gasteiger partial charge in [-0.05, 0) is 27.7 Å². The molecule has 0 aromatic carbocycles. The minimum atomic E-state index is -0.674. The van der Waals surface area contributed by atoms with Crippen LogP contribution < -0.4 is 16.0 Å². The van der Waals surface area contributed by atoms with Crippen molar-refractivity contribution in [2.24, 2.45) is 0 Å². The van der Waals surface area contributed by atoms with E-state index in [1.165, 1.54) is 0 Å². The largest absolute Gasteiger partial charge is 0.465 e. The molecule has 0 aliphatic heterocycles. The van der Waals surface area contributed by atoms with Gasteiger partial charge < -0.3 is 10.1 Å². The Kier molecular flexibility index (Phi) is 7.69. The van der Waals surface area contributed by atoms with E-state index in [1.807, 2.05) is 0 Å². The molecule has 18 heavy (non-hydrogen) atoms. The number of imide groups is 1. The number of carbonyl (C=O) groups excluding carboxylic acids is 3. The maximum Gasteiger partial charge on any atom is 0.322 e. The third kappa shape index (κ3) is 6.19. The predicted octanol–water partition coefficient (Wildman–Crippen LogP) is -0.238. The Bertz CT molecular complexity index is 307. The maximum absolute atomic E-state index is 11.6. The average molecular weight is 259 g/mol. The first kappa shape index (κ1) is 16.4. The van der Waals surface area contributed by atoms with Crippen LogP contribution >= 0.6 is 0 Å². The van der Waals surface area contributed by atoms with E-state index in [-0.39, 0.29) is 6.61 Å². The summed E-state index contributed by atoms with van der Waals surface area (Å²) in [6.07, 6.45) is 0. The number of urea groups is 1. The van der Waals surface area contributed by atoms with Crippen molar-refractivity contribution in [3.05, 3.63) is 0 Å². The molecular weight excluding hydrogens is 238 g/mol. The number of amides is 3. The topological polar surface area (TPSA) is 96.5 Å². The van der Waals surface area contributed by atoms with Gasteiger partial charge in [0.05, 0.1) is 12.6 Å². The lowest BCUT2D eigenvalue weighted by Crippen LogP contribution is -2.51. The van der Waals surface area contributed by atoms with Crippen molar-refractivity contribution < 1.29 is 19.1 Å². The van der Waals surface area contributed by atoms with Crippen LogP contribution in [0.5, 0.6) is 0 Å². The molecule has 0 saturated carbocycles. The maximum atomic E-state index is 11.6.